The Balaban J connectivity index is 1.71. The van der Waals surface area contributed by atoms with Crippen molar-refractivity contribution in [2.45, 2.75) is 56.0 Å². The second-order valence-electron chi connectivity index (χ2n) is 5.92. The molecule has 0 aromatic carbocycles. The second-order valence-corrected chi connectivity index (χ2v) is 7.67. The third-order valence-corrected chi connectivity index (χ3v) is 6.13. The van der Waals surface area contributed by atoms with Gasteiger partial charge in [0.1, 0.15) is 0 Å². The molecule has 2 saturated heterocycles. The van der Waals surface area contributed by atoms with Gasteiger partial charge in [0.05, 0.1) is 23.2 Å². The van der Waals surface area contributed by atoms with Gasteiger partial charge < -0.3 is 4.74 Å². The van der Waals surface area contributed by atoms with Crippen molar-refractivity contribution in [2.75, 3.05) is 18.1 Å². The molecule has 3 heterocycles. The Morgan fingerprint density at radius 1 is 1.55 bits per heavy atom. The molecule has 3 rings (SSSR count). The fourth-order valence-corrected chi connectivity index (χ4v) is 4.62. The van der Waals surface area contributed by atoms with Gasteiger partial charge in [0, 0.05) is 18.4 Å². The Bertz CT molecular complexity index is 439. The molecule has 5 heteroatoms. The molecular formula is C15H23ClN2OS. The molecule has 0 amide bonds. The number of halogens is 1. The fraction of sp³-hybridized carbons (Fsp3) is 0.800. The van der Waals surface area contributed by atoms with E-state index in [-0.39, 0.29) is 11.0 Å². The third-order valence-electron chi connectivity index (χ3n) is 4.59. The van der Waals surface area contributed by atoms with E-state index in [0.717, 1.165) is 31.4 Å². The summed E-state index contributed by atoms with van der Waals surface area (Å²) in [6.45, 7) is 2.97. The van der Waals surface area contributed by atoms with Gasteiger partial charge in [0.2, 0.25) is 0 Å². The second kappa shape index (κ2) is 6.29. The van der Waals surface area contributed by atoms with Gasteiger partial charge in [0.15, 0.2) is 0 Å². The molecule has 1 aromatic heterocycles. The minimum atomic E-state index is 0.0867. The molecule has 0 bridgehead atoms. The smallest absolute Gasteiger partial charge is 0.0718 e. The van der Waals surface area contributed by atoms with E-state index in [1.165, 1.54) is 24.3 Å². The average molecular weight is 315 g/mol. The van der Waals surface area contributed by atoms with Crippen molar-refractivity contribution in [3.8, 4) is 0 Å². The molecule has 112 valence electrons. The van der Waals surface area contributed by atoms with E-state index in [9.17, 15) is 0 Å². The van der Waals surface area contributed by atoms with Gasteiger partial charge in [-0.1, -0.05) is 6.92 Å². The zero-order valence-corrected chi connectivity index (χ0v) is 13.6. The Morgan fingerprint density at radius 3 is 3.10 bits per heavy atom. The monoisotopic (exact) mass is 314 g/mol. The highest BCUT2D eigenvalue weighted by atomic mass is 35.5. The summed E-state index contributed by atoms with van der Waals surface area (Å²) in [6.07, 6.45) is 9.57. The summed E-state index contributed by atoms with van der Waals surface area (Å²) < 4.78 is 8.28. The molecule has 1 aromatic rings. The topological polar surface area (TPSA) is 27.1 Å². The molecule has 0 N–H and O–H groups in total. The van der Waals surface area contributed by atoms with Crippen molar-refractivity contribution in [2.24, 2.45) is 0 Å². The number of ether oxygens (including phenoxy) is 1. The van der Waals surface area contributed by atoms with Gasteiger partial charge >= 0.3 is 0 Å². The van der Waals surface area contributed by atoms with E-state index < -0.39 is 0 Å². The zero-order valence-electron chi connectivity index (χ0n) is 12.1. The van der Waals surface area contributed by atoms with Crippen molar-refractivity contribution < 1.29 is 4.74 Å². The lowest BCUT2D eigenvalue weighted by Gasteiger charge is -2.43. The average Bonchev–Trinajstić information content (AvgIpc) is 2.97. The molecule has 3 nitrogen and oxygen atoms in total. The van der Waals surface area contributed by atoms with Crippen molar-refractivity contribution in [3.63, 3.8) is 0 Å². The van der Waals surface area contributed by atoms with Crippen LogP contribution in [0.15, 0.2) is 12.4 Å². The van der Waals surface area contributed by atoms with E-state index in [0.29, 0.717) is 6.04 Å². The first-order valence-electron chi connectivity index (χ1n) is 7.62. The highest BCUT2D eigenvalue weighted by molar-refractivity contribution is 7.99. The van der Waals surface area contributed by atoms with Crippen LogP contribution >= 0.6 is 23.4 Å². The molecule has 2 aliphatic heterocycles. The molecule has 2 aliphatic rings. The maximum absolute atomic E-state index is 6.30. The van der Waals surface area contributed by atoms with E-state index in [4.69, 9.17) is 16.3 Å². The maximum Gasteiger partial charge on any atom is 0.0718 e. The molecule has 0 radical (unpaired) electrons. The van der Waals surface area contributed by atoms with Crippen LogP contribution < -0.4 is 0 Å². The normalized spacial score (nSPS) is 27.6. The van der Waals surface area contributed by atoms with Crippen LogP contribution in [0.3, 0.4) is 0 Å². The number of thioether (sulfide) groups is 1. The summed E-state index contributed by atoms with van der Waals surface area (Å²) in [4.78, 5) is 0. The number of rotatable bonds is 3. The van der Waals surface area contributed by atoms with Crippen molar-refractivity contribution in [1.82, 2.24) is 9.78 Å². The van der Waals surface area contributed by atoms with Crippen LogP contribution in [-0.2, 0) is 4.74 Å². The highest BCUT2D eigenvalue weighted by Gasteiger charge is 2.39. The summed E-state index contributed by atoms with van der Waals surface area (Å²) >= 11 is 8.35. The molecule has 0 saturated carbocycles. The fourth-order valence-electron chi connectivity index (χ4n) is 3.27. The number of alkyl halides is 1. The van der Waals surface area contributed by atoms with Crippen LogP contribution in [0, 0.1) is 0 Å². The van der Waals surface area contributed by atoms with Crippen molar-refractivity contribution >= 4 is 23.4 Å². The van der Waals surface area contributed by atoms with Gasteiger partial charge in [-0.3, -0.25) is 4.68 Å². The van der Waals surface area contributed by atoms with Crippen LogP contribution in [0.5, 0.6) is 0 Å². The molecule has 2 fully saturated rings. The maximum atomic E-state index is 6.30. The van der Waals surface area contributed by atoms with E-state index in [2.05, 4.69) is 34.7 Å². The Morgan fingerprint density at radius 2 is 2.35 bits per heavy atom. The van der Waals surface area contributed by atoms with Gasteiger partial charge in [-0.05, 0) is 43.6 Å². The van der Waals surface area contributed by atoms with Gasteiger partial charge in [-0.25, -0.2) is 0 Å². The van der Waals surface area contributed by atoms with E-state index in [1.54, 1.807) is 0 Å². The summed E-state index contributed by atoms with van der Waals surface area (Å²) in [5.74, 6) is 2.47. The Hall–Kier alpha value is -0.190. The summed E-state index contributed by atoms with van der Waals surface area (Å²) in [5, 5.41) is 4.65. The molecule has 2 unspecified atom stereocenters. The first-order chi connectivity index (χ1) is 9.72. The minimum Gasteiger partial charge on any atom is -0.375 e. The third kappa shape index (κ3) is 3.02. The molecule has 2 atom stereocenters. The summed E-state index contributed by atoms with van der Waals surface area (Å²) in [5.41, 5.74) is 1.26. The summed E-state index contributed by atoms with van der Waals surface area (Å²) in [6, 6.07) is 0.473. The number of aromatic nitrogens is 2. The van der Waals surface area contributed by atoms with Gasteiger partial charge in [-0.15, -0.1) is 11.6 Å². The lowest BCUT2D eigenvalue weighted by atomic mass is 9.85. The number of hydrogen-bond donors (Lipinski definition) is 0. The van der Waals surface area contributed by atoms with Crippen LogP contribution in [0.1, 0.15) is 56.0 Å². The standard InChI is InChI=1S/C15H23ClN2OS/c1-2-14(16)12-10-17-18(11-12)13-3-6-19-15(9-13)4-7-20-8-5-15/h10-11,13-14H,2-9H2,1H3. The quantitative estimate of drug-likeness (QED) is 0.783. The van der Waals surface area contributed by atoms with Crippen LogP contribution in [0.25, 0.3) is 0 Å². The first-order valence-corrected chi connectivity index (χ1v) is 9.21. The van der Waals surface area contributed by atoms with Crippen molar-refractivity contribution in [1.29, 1.82) is 0 Å². The number of hydrogen-bond acceptors (Lipinski definition) is 3. The zero-order chi connectivity index (χ0) is 14.0. The molecular weight excluding hydrogens is 292 g/mol. The SMILES string of the molecule is CCC(Cl)c1cnn(C2CCOC3(CCSCC3)C2)c1. The molecule has 20 heavy (non-hydrogen) atoms. The first kappa shape index (κ1) is 14.7. The van der Waals surface area contributed by atoms with Crippen LogP contribution in [-0.4, -0.2) is 33.5 Å². The molecule has 1 spiro atoms. The van der Waals surface area contributed by atoms with Crippen LogP contribution in [0.2, 0.25) is 0 Å². The largest absolute Gasteiger partial charge is 0.375 e. The van der Waals surface area contributed by atoms with E-state index in [1.807, 2.05) is 6.20 Å². The Kier molecular flexibility index (Phi) is 4.63. The highest BCUT2D eigenvalue weighted by Crippen LogP contribution is 2.41. The Labute approximate surface area is 130 Å². The van der Waals surface area contributed by atoms with Gasteiger partial charge in [0.25, 0.3) is 0 Å². The van der Waals surface area contributed by atoms with Crippen molar-refractivity contribution in [3.05, 3.63) is 18.0 Å². The summed E-state index contributed by atoms with van der Waals surface area (Å²) in [7, 11) is 0. The predicted molar refractivity (Wildman–Crippen MR) is 84.6 cm³/mol. The minimum absolute atomic E-state index is 0.0867. The molecule has 0 aliphatic carbocycles. The lowest BCUT2D eigenvalue weighted by Crippen LogP contribution is -2.43. The number of nitrogens with zero attached hydrogens (tertiary/aromatic N) is 2. The van der Waals surface area contributed by atoms with Crippen LogP contribution in [0.4, 0.5) is 0 Å². The lowest BCUT2D eigenvalue weighted by molar-refractivity contribution is -0.100. The van der Waals surface area contributed by atoms with Gasteiger partial charge in [-0.2, -0.15) is 16.9 Å². The predicted octanol–water partition coefficient (Wildman–Crippen LogP) is 4.19. The van der Waals surface area contributed by atoms with E-state index >= 15 is 0 Å².